The minimum atomic E-state index is -0.564. The number of amides is 1. The van der Waals surface area contributed by atoms with Gasteiger partial charge in [-0.05, 0) is 17.7 Å². The molecular weight excluding hydrogens is 258 g/mol. The SMILES string of the molecule is NC(=O)c1ccc2c(c1OCc1ccccc1)OCO2. The molecule has 0 unspecified atom stereocenters. The van der Waals surface area contributed by atoms with Crippen LogP contribution in [0.3, 0.4) is 0 Å². The monoisotopic (exact) mass is 271 g/mol. The van der Waals surface area contributed by atoms with Crippen molar-refractivity contribution in [1.82, 2.24) is 0 Å². The number of nitrogens with two attached hydrogens (primary N) is 1. The maximum Gasteiger partial charge on any atom is 0.252 e. The van der Waals surface area contributed by atoms with E-state index in [2.05, 4.69) is 0 Å². The van der Waals surface area contributed by atoms with E-state index in [9.17, 15) is 4.79 Å². The van der Waals surface area contributed by atoms with Gasteiger partial charge in [0.05, 0.1) is 5.56 Å². The average molecular weight is 271 g/mol. The van der Waals surface area contributed by atoms with Gasteiger partial charge in [0.25, 0.3) is 5.91 Å². The number of benzene rings is 2. The Morgan fingerprint density at radius 2 is 1.95 bits per heavy atom. The molecule has 0 spiro atoms. The van der Waals surface area contributed by atoms with Crippen molar-refractivity contribution in [2.45, 2.75) is 6.61 Å². The first-order chi connectivity index (χ1) is 9.75. The standard InChI is InChI=1S/C15H13NO4/c16-15(17)11-6-7-12-14(20-9-19-12)13(11)18-8-10-4-2-1-3-5-10/h1-7H,8-9H2,(H2,16,17). The van der Waals surface area contributed by atoms with Crippen molar-refractivity contribution in [3.63, 3.8) is 0 Å². The molecule has 2 aromatic rings. The largest absolute Gasteiger partial charge is 0.484 e. The van der Waals surface area contributed by atoms with Crippen LogP contribution in [0.5, 0.6) is 17.2 Å². The first kappa shape index (κ1) is 12.3. The quantitative estimate of drug-likeness (QED) is 0.924. The van der Waals surface area contributed by atoms with E-state index >= 15 is 0 Å². The highest BCUT2D eigenvalue weighted by Crippen LogP contribution is 2.43. The van der Waals surface area contributed by atoms with Gasteiger partial charge in [-0.1, -0.05) is 30.3 Å². The van der Waals surface area contributed by atoms with Gasteiger partial charge in [-0.25, -0.2) is 0 Å². The Morgan fingerprint density at radius 3 is 2.70 bits per heavy atom. The lowest BCUT2D eigenvalue weighted by atomic mass is 10.1. The van der Waals surface area contributed by atoms with Gasteiger partial charge in [-0.3, -0.25) is 4.79 Å². The highest BCUT2D eigenvalue weighted by Gasteiger charge is 2.24. The van der Waals surface area contributed by atoms with Gasteiger partial charge >= 0.3 is 0 Å². The number of primary amides is 1. The van der Waals surface area contributed by atoms with E-state index in [-0.39, 0.29) is 12.4 Å². The summed E-state index contributed by atoms with van der Waals surface area (Å²) in [5.74, 6) is 0.748. The molecule has 20 heavy (non-hydrogen) atoms. The van der Waals surface area contributed by atoms with Gasteiger partial charge in [-0.2, -0.15) is 0 Å². The molecule has 2 aromatic carbocycles. The Labute approximate surface area is 115 Å². The molecule has 0 aliphatic carbocycles. The summed E-state index contributed by atoms with van der Waals surface area (Å²) in [6.07, 6.45) is 0. The number of hydrogen-bond acceptors (Lipinski definition) is 4. The Bertz CT molecular complexity index is 640. The van der Waals surface area contributed by atoms with Crippen LogP contribution in [0.4, 0.5) is 0 Å². The van der Waals surface area contributed by atoms with Gasteiger partial charge in [0.15, 0.2) is 11.5 Å². The van der Waals surface area contributed by atoms with Gasteiger partial charge in [0.1, 0.15) is 6.61 Å². The fourth-order valence-electron chi connectivity index (χ4n) is 2.01. The molecule has 0 atom stereocenters. The molecular formula is C15H13NO4. The second-order valence-corrected chi connectivity index (χ2v) is 4.31. The van der Waals surface area contributed by atoms with Crippen molar-refractivity contribution in [2.24, 2.45) is 5.73 Å². The Morgan fingerprint density at radius 1 is 1.15 bits per heavy atom. The topological polar surface area (TPSA) is 70.8 Å². The summed E-state index contributed by atoms with van der Waals surface area (Å²) in [4.78, 5) is 11.5. The molecule has 5 nitrogen and oxygen atoms in total. The highest BCUT2D eigenvalue weighted by atomic mass is 16.7. The van der Waals surface area contributed by atoms with Crippen LogP contribution in [0.15, 0.2) is 42.5 Å². The van der Waals surface area contributed by atoms with E-state index in [1.54, 1.807) is 12.1 Å². The van der Waals surface area contributed by atoms with E-state index in [1.165, 1.54) is 0 Å². The average Bonchev–Trinajstić information content (AvgIpc) is 2.94. The zero-order valence-electron chi connectivity index (χ0n) is 10.7. The van der Waals surface area contributed by atoms with Crippen LogP contribution in [0.1, 0.15) is 15.9 Å². The van der Waals surface area contributed by atoms with Crippen molar-refractivity contribution in [3.05, 3.63) is 53.6 Å². The fourth-order valence-corrected chi connectivity index (χ4v) is 2.01. The molecule has 1 aliphatic heterocycles. The second-order valence-electron chi connectivity index (χ2n) is 4.31. The molecule has 1 heterocycles. The minimum absolute atomic E-state index is 0.110. The molecule has 0 bridgehead atoms. The Kier molecular flexibility index (Phi) is 3.16. The first-order valence-corrected chi connectivity index (χ1v) is 6.15. The lowest BCUT2D eigenvalue weighted by molar-refractivity contribution is 0.0994. The zero-order valence-corrected chi connectivity index (χ0v) is 10.7. The summed E-state index contributed by atoms with van der Waals surface area (Å²) in [5, 5.41) is 0. The maximum absolute atomic E-state index is 11.5. The Balaban J connectivity index is 1.91. The maximum atomic E-state index is 11.5. The molecule has 0 radical (unpaired) electrons. The van der Waals surface area contributed by atoms with E-state index < -0.39 is 5.91 Å². The predicted octanol–water partition coefficient (Wildman–Crippen LogP) is 2.09. The van der Waals surface area contributed by atoms with Crippen molar-refractivity contribution in [1.29, 1.82) is 0 Å². The summed E-state index contributed by atoms with van der Waals surface area (Å²) in [6.45, 7) is 0.431. The van der Waals surface area contributed by atoms with E-state index in [0.29, 0.717) is 23.9 Å². The van der Waals surface area contributed by atoms with Gasteiger partial charge < -0.3 is 19.9 Å². The van der Waals surface area contributed by atoms with Crippen LogP contribution < -0.4 is 19.9 Å². The van der Waals surface area contributed by atoms with Crippen LogP contribution >= 0.6 is 0 Å². The van der Waals surface area contributed by atoms with Crippen LogP contribution in [0, 0.1) is 0 Å². The number of carbonyl (C=O) groups is 1. The van der Waals surface area contributed by atoms with Gasteiger partial charge in [-0.15, -0.1) is 0 Å². The van der Waals surface area contributed by atoms with Gasteiger partial charge in [0.2, 0.25) is 12.5 Å². The molecule has 0 fully saturated rings. The van der Waals surface area contributed by atoms with Crippen molar-refractivity contribution in [3.8, 4) is 17.2 Å². The normalized spacial score (nSPS) is 12.2. The summed E-state index contributed by atoms with van der Waals surface area (Å²) in [6, 6.07) is 12.9. The number of rotatable bonds is 4. The molecule has 3 rings (SSSR count). The first-order valence-electron chi connectivity index (χ1n) is 6.15. The highest BCUT2D eigenvalue weighted by molar-refractivity contribution is 5.97. The number of hydrogen-bond donors (Lipinski definition) is 1. The summed E-state index contributed by atoms with van der Waals surface area (Å²) < 4.78 is 16.3. The molecule has 5 heteroatoms. The summed E-state index contributed by atoms with van der Waals surface area (Å²) in [5.41, 5.74) is 6.63. The smallest absolute Gasteiger partial charge is 0.252 e. The van der Waals surface area contributed by atoms with Crippen LogP contribution in [0.25, 0.3) is 0 Å². The van der Waals surface area contributed by atoms with Crippen LogP contribution in [-0.2, 0) is 6.61 Å². The minimum Gasteiger partial charge on any atom is -0.484 e. The summed E-state index contributed by atoms with van der Waals surface area (Å²) >= 11 is 0. The predicted molar refractivity (Wildman–Crippen MR) is 71.9 cm³/mol. The van der Waals surface area contributed by atoms with Crippen LogP contribution in [-0.4, -0.2) is 12.7 Å². The second kappa shape index (κ2) is 5.13. The molecule has 0 aromatic heterocycles. The molecule has 2 N–H and O–H groups in total. The number of fused-ring (bicyclic) bond motifs is 1. The number of carbonyl (C=O) groups excluding carboxylic acids is 1. The third-order valence-corrected chi connectivity index (χ3v) is 2.99. The third kappa shape index (κ3) is 2.25. The van der Waals surface area contributed by atoms with Crippen molar-refractivity contribution in [2.75, 3.05) is 6.79 Å². The molecule has 1 amide bonds. The van der Waals surface area contributed by atoms with E-state index in [0.717, 1.165) is 5.56 Å². The zero-order chi connectivity index (χ0) is 13.9. The lowest BCUT2D eigenvalue weighted by Crippen LogP contribution is -2.13. The lowest BCUT2D eigenvalue weighted by Gasteiger charge is -2.12. The molecule has 102 valence electrons. The third-order valence-electron chi connectivity index (χ3n) is 2.99. The van der Waals surface area contributed by atoms with Crippen molar-refractivity contribution < 1.29 is 19.0 Å². The van der Waals surface area contributed by atoms with Gasteiger partial charge in [0, 0.05) is 0 Å². The van der Waals surface area contributed by atoms with Crippen molar-refractivity contribution >= 4 is 5.91 Å². The summed E-state index contributed by atoms with van der Waals surface area (Å²) in [7, 11) is 0. The van der Waals surface area contributed by atoms with E-state index in [1.807, 2.05) is 30.3 Å². The van der Waals surface area contributed by atoms with E-state index in [4.69, 9.17) is 19.9 Å². The van der Waals surface area contributed by atoms with Crippen LogP contribution in [0.2, 0.25) is 0 Å². The molecule has 0 saturated carbocycles. The molecule has 0 saturated heterocycles. The number of ether oxygens (including phenoxy) is 3. The fraction of sp³-hybridized carbons (Fsp3) is 0.133. The molecule has 1 aliphatic rings. The Hall–Kier alpha value is -2.69.